The third-order valence-corrected chi connectivity index (χ3v) is 5.38. The lowest BCUT2D eigenvalue weighted by atomic mass is 10.1. The van der Waals surface area contributed by atoms with Crippen LogP contribution >= 0.6 is 0 Å². The number of carbonyl (C=O) groups is 3. The molecule has 2 aromatic carbocycles. The summed E-state index contributed by atoms with van der Waals surface area (Å²) in [5.41, 5.74) is 2.68. The van der Waals surface area contributed by atoms with Gasteiger partial charge < -0.3 is 24.1 Å². The number of carbonyl (C=O) groups excluding carboxylic acids is 3. The summed E-state index contributed by atoms with van der Waals surface area (Å²) in [6, 6.07) is 17.7. The molecular weight excluding hydrogens is 450 g/mol. The molecule has 0 unspecified atom stereocenters. The van der Waals surface area contributed by atoms with Crippen LogP contribution in [0.3, 0.4) is 0 Å². The van der Waals surface area contributed by atoms with Crippen molar-refractivity contribution >= 4 is 29.7 Å². The van der Waals surface area contributed by atoms with E-state index in [2.05, 4.69) is 10.1 Å². The van der Waals surface area contributed by atoms with Crippen LogP contribution in [-0.4, -0.2) is 44.0 Å². The smallest absolute Gasteiger partial charge is 0.373 e. The summed E-state index contributed by atoms with van der Waals surface area (Å²) >= 11 is 0. The molecule has 0 radical (unpaired) electrons. The maximum Gasteiger partial charge on any atom is 0.373 e. The third-order valence-electron chi connectivity index (χ3n) is 5.38. The molecule has 2 heterocycles. The summed E-state index contributed by atoms with van der Waals surface area (Å²) < 4.78 is 16.1. The summed E-state index contributed by atoms with van der Waals surface area (Å²) in [6.45, 7) is 0.220. The Morgan fingerprint density at radius 2 is 1.86 bits per heavy atom. The standard InChI is InChI=1S/C26H25N3O6/c1-28(2)19-10-9-18(23(14-19)34-16-17-7-5-4-6-8-17)13-21-24(30)29(26(32)27-21)15-20-11-12-22(35-20)25(31)33-3/h4-14H,15-16H2,1-3H3,(H,27,32)/b21-13-. The van der Waals surface area contributed by atoms with Gasteiger partial charge >= 0.3 is 12.0 Å². The Labute approximate surface area is 202 Å². The van der Waals surface area contributed by atoms with E-state index in [1.54, 1.807) is 6.08 Å². The number of hydrogen-bond donors (Lipinski definition) is 1. The minimum absolute atomic E-state index is 0.00786. The molecule has 180 valence electrons. The first-order valence-electron chi connectivity index (χ1n) is 10.9. The molecule has 9 nitrogen and oxygen atoms in total. The Balaban J connectivity index is 1.56. The predicted octanol–water partition coefficient (Wildman–Crippen LogP) is 3.80. The van der Waals surface area contributed by atoms with Crippen molar-refractivity contribution in [1.29, 1.82) is 0 Å². The lowest BCUT2D eigenvalue weighted by molar-refractivity contribution is -0.123. The third kappa shape index (κ3) is 5.35. The summed E-state index contributed by atoms with van der Waals surface area (Å²) in [7, 11) is 5.09. The summed E-state index contributed by atoms with van der Waals surface area (Å²) in [5.74, 6) is -0.319. The highest BCUT2D eigenvalue weighted by Gasteiger charge is 2.34. The van der Waals surface area contributed by atoms with E-state index in [0.29, 0.717) is 17.9 Å². The number of hydrogen-bond acceptors (Lipinski definition) is 7. The van der Waals surface area contributed by atoms with Crippen LogP contribution in [-0.2, 0) is 22.7 Å². The van der Waals surface area contributed by atoms with E-state index >= 15 is 0 Å². The van der Waals surface area contributed by atoms with E-state index < -0.39 is 17.9 Å². The number of furan rings is 1. The average molecular weight is 476 g/mol. The Morgan fingerprint density at radius 3 is 2.57 bits per heavy atom. The Kier molecular flexibility index (Phi) is 6.86. The molecule has 0 saturated carbocycles. The molecule has 1 aliphatic heterocycles. The second-order valence-corrected chi connectivity index (χ2v) is 8.03. The van der Waals surface area contributed by atoms with Gasteiger partial charge in [-0.15, -0.1) is 0 Å². The summed E-state index contributed by atoms with van der Waals surface area (Å²) in [6.07, 6.45) is 1.59. The molecule has 0 aliphatic carbocycles. The minimum Gasteiger partial charge on any atom is -0.488 e. The fourth-order valence-corrected chi connectivity index (χ4v) is 3.48. The molecule has 3 amide bonds. The van der Waals surface area contributed by atoms with Crippen LogP contribution < -0.4 is 15.0 Å². The van der Waals surface area contributed by atoms with Gasteiger partial charge in [0.1, 0.15) is 23.8 Å². The molecule has 1 aromatic heterocycles. The molecular formula is C26H25N3O6. The number of urea groups is 1. The quantitative estimate of drug-likeness (QED) is 0.300. The van der Waals surface area contributed by atoms with Crippen LogP contribution in [0.4, 0.5) is 10.5 Å². The van der Waals surface area contributed by atoms with Crippen molar-refractivity contribution in [2.24, 2.45) is 0 Å². The average Bonchev–Trinajstić information content (AvgIpc) is 3.44. The number of anilines is 1. The first-order valence-corrected chi connectivity index (χ1v) is 10.9. The van der Waals surface area contributed by atoms with Gasteiger partial charge in [-0.25, -0.2) is 9.59 Å². The first-order chi connectivity index (χ1) is 16.9. The van der Waals surface area contributed by atoms with Crippen molar-refractivity contribution in [1.82, 2.24) is 10.2 Å². The van der Waals surface area contributed by atoms with Crippen LogP contribution in [0, 0.1) is 0 Å². The van der Waals surface area contributed by atoms with Gasteiger partial charge in [0, 0.05) is 31.4 Å². The zero-order chi connectivity index (χ0) is 24.9. The normalized spacial score (nSPS) is 14.3. The zero-order valence-electron chi connectivity index (χ0n) is 19.6. The van der Waals surface area contributed by atoms with Crippen molar-refractivity contribution in [3.8, 4) is 5.75 Å². The SMILES string of the molecule is COC(=O)c1ccc(CN2C(=O)N/C(=C\c3ccc(N(C)C)cc3OCc3ccccc3)C2=O)o1. The first kappa shape index (κ1) is 23.6. The minimum atomic E-state index is -0.641. The number of ether oxygens (including phenoxy) is 2. The van der Waals surface area contributed by atoms with E-state index in [0.717, 1.165) is 16.2 Å². The molecule has 1 fully saturated rings. The maximum atomic E-state index is 13.0. The molecule has 0 atom stereocenters. The number of nitrogens with one attached hydrogen (secondary N) is 1. The number of benzene rings is 2. The van der Waals surface area contributed by atoms with Gasteiger partial charge in [-0.2, -0.15) is 0 Å². The van der Waals surface area contributed by atoms with Gasteiger partial charge in [0.05, 0.1) is 13.7 Å². The van der Waals surface area contributed by atoms with Crippen LogP contribution in [0.1, 0.15) is 27.4 Å². The van der Waals surface area contributed by atoms with E-state index in [1.807, 2.05) is 67.5 Å². The highest BCUT2D eigenvalue weighted by atomic mass is 16.5. The number of methoxy groups -OCH3 is 1. The van der Waals surface area contributed by atoms with Crippen LogP contribution in [0.5, 0.6) is 5.75 Å². The van der Waals surface area contributed by atoms with Crippen LogP contribution in [0.15, 0.2) is 70.8 Å². The summed E-state index contributed by atoms with van der Waals surface area (Å²) in [4.78, 5) is 40.0. The highest BCUT2D eigenvalue weighted by molar-refractivity contribution is 6.14. The van der Waals surface area contributed by atoms with Crippen molar-refractivity contribution in [3.63, 3.8) is 0 Å². The lowest BCUT2D eigenvalue weighted by Crippen LogP contribution is -2.30. The molecule has 1 N–H and O–H groups in total. The fraction of sp³-hybridized carbons (Fsp3) is 0.192. The molecule has 0 spiro atoms. The van der Waals surface area contributed by atoms with Crippen LogP contribution in [0.25, 0.3) is 6.08 Å². The van der Waals surface area contributed by atoms with Crippen molar-refractivity contribution in [2.45, 2.75) is 13.2 Å². The number of imide groups is 1. The van der Waals surface area contributed by atoms with Gasteiger partial charge in [0.25, 0.3) is 5.91 Å². The van der Waals surface area contributed by atoms with E-state index in [-0.39, 0.29) is 23.8 Å². The van der Waals surface area contributed by atoms with Gasteiger partial charge in [-0.05, 0) is 35.9 Å². The lowest BCUT2D eigenvalue weighted by Gasteiger charge is -2.16. The number of rotatable bonds is 8. The summed E-state index contributed by atoms with van der Waals surface area (Å²) in [5, 5.41) is 2.60. The molecule has 3 aromatic rings. The number of esters is 1. The largest absolute Gasteiger partial charge is 0.488 e. The topological polar surface area (TPSA) is 101 Å². The van der Waals surface area contributed by atoms with E-state index in [9.17, 15) is 14.4 Å². The molecule has 1 aliphatic rings. The highest BCUT2D eigenvalue weighted by Crippen LogP contribution is 2.29. The molecule has 0 bridgehead atoms. The number of nitrogens with zero attached hydrogens (tertiary/aromatic N) is 2. The Hall–Kier alpha value is -4.53. The maximum absolute atomic E-state index is 13.0. The Morgan fingerprint density at radius 1 is 1.09 bits per heavy atom. The van der Waals surface area contributed by atoms with Crippen molar-refractivity contribution < 1.29 is 28.3 Å². The fourth-order valence-electron chi connectivity index (χ4n) is 3.48. The molecule has 9 heteroatoms. The zero-order valence-corrected chi connectivity index (χ0v) is 19.6. The molecule has 1 saturated heterocycles. The van der Waals surface area contributed by atoms with Gasteiger partial charge in [-0.3, -0.25) is 9.69 Å². The van der Waals surface area contributed by atoms with Crippen LogP contribution in [0.2, 0.25) is 0 Å². The Bertz CT molecular complexity index is 1280. The van der Waals surface area contributed by atoms with E-state index in [1.165, 1.54) is 19.2 Å². The van der Waals surface area contributed by atoms with Gasteiger partial charge in [0.2, 0.25) is 5.76 Å². The van der Waals surface area contributed by atoms with Gasteiger partial charge in [0.15, 0.2) is 0 Å². The second kappa shape index (κ2) is 10.2. The monoisotopic (exact) mass is 475 g/mol. The van der Waals surface area contributed by atoms with Gasteiger partial charge in [-0.1, -0.05) is 30.3 Å². The predicted molar refractivity (Wildman–Crippen MR) is 129 cm³/mol. The molecule has 35 heavy (non-hydrogen) atoms. The van der Waals surface area contributed by atoms with E-state index in [4.69, 9.17) is 9.15 Å². The van der Waals surface area contributed by atoms with Crippen molar-refractivity contribution in [3.05, 3.63) is 89.0 Å². The number of amides is 3. The molecule has 4 rings (SSSR count). The van der Waals surface area contributed by atoms with Crippen molar-refractivity contribution in [2.75, 3.05) is 26.1 Å². The second-order valence-electron chi connectivity index (χ2n) is 8.03.